The van der Waals surface area contributed by atoms with Gasteiger partial charge in [0.2, 0.25) is 0 Å². The molecule has 1 aliphatic heterocycles. The Hall–Kier alpha value is -0.560. The largest absolute Gasteiger partial charge is 0.277 e. The topological polar surface area (TPSA) is 39.5 Å². The van der Waals surface area contributed by atoms with E-state index in [2.05, 4.69) is 19.1 Å². The van der Waals surface area contributed by atoms with Crippen LogP contribution in [0.15, 0.2) is 35.4 Å². The van der Waals surface area contributed by atoms with Crippen molar-refractivity contribution >= 4 is 46.6 Å². The quantitative estimate of drug-likeness (QED) is 0.338. The molecule has 1 aliphatic rings. The number of unbranched alkanes of at least 4 members (excludes halogenated alkanes) is 7. The van der Waals surface area contributed by atoms with E-state index in [4.69, 9.17) is 10.5 Å². The van der Waals surface area contributed by atoms with Gasteiger partial charge < -0.3 is 0 Å². The van der Waals surface area contributed by atoms with E-state index in [-0.39, 0.29) is 24.0 Å². The summed E-state index contributed by atoms with van der Waals surface area (Å²) in [5.74, 6) is 0.802. The number of nitrogens with zero attached hydrogens (tertiary/aromatic N) is 2. The Bertz CT molecular complexity index is 505. The summed E-state index contributed by atoms with van der Waals surface area (Å²) < 4.78 is 0. The first-order chi connectivity index (χ1) is 11.3. The van der Waals surface area contributed by atoms with Crippen LogP contribution in [0.2, 0.25) is 0 Å². The van der Waals surface area contributed by atoms with Crippen molar-refractivity contribution in [3.8, 4) is 0 Å². The van der Waals surface area contributed by atoms with Crippen LogP contribution in [0.3, 0.4) is 0 Å². The molecule has 0 amide bonds. The first kappa shape index (κ1) is 21.5. The smallest absolute Gasteiger partial charge is 0.177 e. The molecule has 2 rings (SSSR count). The second-order valence-corrected chi connectivity index (χ2v) is 7.07. The van der Waals surface area contributed by atoms with E-state index in [0.717, 1.165) is 24.4 Å². The number of halogens is 1. The van der Waals surface area contributed by atoms with Gasteiger partial charge >= 0.3 is 0 Å². The SMILES string of the molecule is CCCCCCCCCCN1N=C(c2ccccc2)CSC1=N.I. The van der Waals surface area contributed by atoms with Crippen LogP contribution in [0, 0.1) is 5.41 Å². The number of hydrogen-bond donors (Lipinski definition) is 1. The van der Waals surface area contributed by atoms with Gasteiger partial charge in [-0.15, -0.1) is 24.0 Å². The van der Waals surface area contributed by atoms with Crippen molar-refractivity contribution in [3.63, 3.8) is 0 Å². The lowest BCUT2D eigenvalue weighted by Crippen LogP contribution is -2.31. The molecule has 1 heterocycles. The molecule has 0 saturated heterocycles. The number of nitrogens with one attached hydrogen (secondary N) is 1. The Morgan fingerprint density at radius 2 is 1.62 bits per heavy atom. The van der Waals surface area contributed by atoms with Crippen LogP contribution >= 0.6 is 35.7 Å². The molecule has 1 aromatic rings. The van der Waals surface area contributed by atoms with E-state index in [1.54, 1.807) is 11.8 Å². The third-order valence-corrected chi connectivity index (χ3v) is 5.05. The molecule has 134 valence electrons. The maximum Gasteiger partial charge on any atom is 0.177 e. The van der Waals surface area contributed by atoms with Crippen LogP contribution < -0.4 is 0 Å². The third kappa shape index (κ3) is 7.55. The standard InChI is InChI=1S/C19H29N3S.HI/c1-2-3-4-5-6-7-8-12-15-22-19(20)23-16-18(21-22)17-13-10-9-11-14-17;/h9-11,13-14,20H,2-8,12,15-16H2,1H3;1H. The van der Waals surface area contributed by atoms with Crippen LogP contribution in [0.4, 0.5) is 0 Å². The molecule has 0 aliphatic carbocycles. The van der Waals surface area contributed by atoms with Crippen molar-refractivity contribution in [2.45, 2.75) is 58.3 Å². The average molecular weight is 459 g/mol. The van der Waals surface area contributed by atoms with Crippen molar-refractivity contribution in [3.05, 3.63) is 35.9 Å². The van der Waals surface area contributed by atoms with Crippen LogP contribution in [0.1, 0.15) is 63.9 Å². The predicted octanol–water partition coefficient (Wildman–Crippen LogP) is 6.13. The van der Waals surface area contributed by atoms with E-state index in [0.29, 0.717) is 5.17 Å². The highest BCUT2D eigenvalue weighted by Crippen LogP contribution is 2.19. The van der Waals surface area contributed by atoms with E-state index in [1.165, 1.54) is 50.5 Å². The molecule has 5 heteroatoms. The monoisotopic (exact) mass is 459 g/mol. The van der Waals surface area contributed by atoms with Gasteiger partial charge in [0.05, 0.1) is 5.71 Å². The van der Waals surface area contributed by atoms with Crippen LogP contribution in [0.25, 0.3) is 0 Å². The van der Waals surface area contributed by atoms with Crippen molar-refractivity contribution in [1.29, 1.82) is 5.41 Å². The summed E-state index contributed by atoms with van der Waals surface area (Å²) >= 11 is 1.58. The minimum absolute atomic E-state index is 0. The maximum absolute atomic E-state index is 8.07. The first-order valence-electron chi connectivity index (χ1n) is 8.93. The summed E-state index contributed by atoms with van der Waals surface area (Å²) in [5, 5.41) is 15.2. The average Bonchev–Trinajstić information content (AvgIpc) is 2.59. The second kappa shape index (κ2) is 12.8. The zero-order chi connectivity index (χ0) is 16.3. The molecular weight excluding hydrogens is 429 g/mol. The van der Waals surface area contributed by atoms with Gasteiger partial charge in [-0.1, -0.05) is 94.0 Å². The highest BCUT2D eigenvalue weighted by Gasteiger charge is 2.18. The summed E-state index contributed by atoms with van der Waals surface area (Å²) in [6, 6.07) is 10.3. The van der Waals surface area contributed by atoms with Crippen LogP contribution in [-0.2, 0) is 0 Å². The summed E-state index contributed by atoms with van der Waals surface area (Å²) in [6.45, 7) is 3.13. The summed E-state index contributed by atoms with van der Waals surface area (Å²) in [4.78, 5) is 0. The zero-order valence-corrected chi connectivity index (χ0v) is 17.8. The fraction of sp³-hybridized carbons (Fsp3) is 0.579. The highest BCUT2D eigenvalue weighted by molar-refractivity contribution is 14.0. The number of hydrogen-bond acceptors (Lipinski definition) is 3. The molecule has 0 saturated carbocycles. The first-order valence-corrected chi connectivity index (χ1v) is 9.91. The van der Waals surface area contributed by atoms with Crippen molar-refractivity contribution in [2.75, 3.05) is 12.3 Å². The highest BCUT2D eigenvalue weighted by atomic mass is 127. The van der Waals surface area contributed by atoms with Gasteiger partial charge in [-0.25, -0.2) is 5.01 Å². The molecule has 24 heavy (non-hydrogen) atoms. The Morgan fingerprint density at radius 1 is 1.00 bits per heavy atom. The fourth-order valence-electron chi connectivity index (χ4n) is 2.75. The molecule has 1 aromatic carbocycles. The van der Waals surface area contributed by atoms with Gasteiger partial charge in [-0.05, 0) is 12.0 Å². The molecular formula is C19H30IN3S. The third-order valence-electron chi connectivity index (χ3n) is 4.15. The Morgan fingerprint density at radius 3 is 2.29 bits per heavy atom. The number of benzene rings is 1. The van der Waals surface area contributed by atoms with Crippen LogP contribution in [0.5, 0.6) is 0 Å². The zero-order valence-electron chi connectivity index (χ0n) is 14.7. The normalized spacial score (nSPS) is 14.3. The van der Waals surface area contributed by atoms with E-state index in [9.17, 15) is 0 Å². The lowest BCUT2D eigenvalue weighted by molar-refractivity contribution is 0.423. The summed E-state index contributed by atoms with van der Waals surface area (Å²) in [6.07, 6.45) is 10.5. The lowest BCUT2D eigenvalue weighted by Gasteiger charge is -2.25. The number of hydrazone groups is 1. The van der Waals surface area contributed by atoms with Gasteiger partial charge in [0.25, 0.3) is 0 Å². The van der Waals surface area contributed by atoms with E-state index < -0.39 is 0 Å². The van der Waals surface area contributed by atoms with Crippen LogP contribution in [-0.4, -0.2) is 28.2 Å². The number of amidine groups is 1. The Balaban J connectivity index is 0.00000288. The number of thioether (sulfide) groups is 1. The molecule has 0 bridgehead atoms. The van der Waals surface area contributed by atoms with Gasteiger partial charge in [-0.2, -0.15) is 5.10 Å². The fourth-order valence-corrected chi connectivity index (χ4v) is 3.53. The minimum atomic E-state index is 0. The molecule has 1 N–H and O–H groups in total. The molecule has 0 radical (unpaired) electrons. The summed E-state index contributed by atoms with van der Waals surface area (Å²) in [5.41, 5.74) is 2.26. The Labute approximate surface area is 168 Å². The number of rotatable bonds is 10. The van der Waals surface area contributed by atoms with E-state index in [1.807, 2.05) is 23.2 Å². The van der Waals surface area contributed by atoms with E-state index >= 15 is 0 Å². The van der Waals surface area contributed by atoms with Crippen molar-refractivity contribution in [1.82, 2.24) is 5.01 Å². The summed E-state index contributed by atoms with van der Waals surface area (Å²) in [7, 11) is 0. The second-order valence-electron chi connectivity index (χ2n) is 6.10. The molecule has 0 aromatic heterocycles. The van der Waals surface area contributed by atoms with Gasteiger partial charge in [0, 0.05) is 12.3 Å². The lowest BCUT2D eigenvalue weighted by atomic mass is 10.1. The molecule has 0 fully saturated rings. The van der Waals surface area contributed by atoms with Gasteiger partial charge in [-0.3, -0.25) is 5.41 Å². The van der Waals surface area contributed by atoms with Crippen molar-refractivity contribution in [2.24, 2.45) is 5.10 Å². The van der Waals surface area contributed by atoms with Gasteiger partial charge in [0.1, 0.15) is 0 Å². The minimum Gasteiger partial charge on any atom is -0.277 e. The molecule has 3 nitrogen and oxygen atoms in total. The molecule has 0 unspecified atom stereocenters. The predicted molar refractivity (Wildman–Crippen MR) is 118 cm³/mol. The maximum atomic E-state index is 8.07. The molecule has 0 atom stereocenters. The molecule has 0 spiro atoms. The Kier molecular flexibility index (Phi) is 11.4. The van der Waals surface area contributed by atoms with Crippen molar-refractivity contribution < 1.29 is 0 Å². The van der Waals surface area contributed by atoms with Gasteiger partial charge in [0.15, 0.2) is 5.17 Å².